The Morgan fingerprint density at radius 1 is 1.38 bits per heavy atom. The summed E-state index contributed by atoms with van der Waals surface area (Å²) in [7, 11) is 0. The molecule has 0 bridgehead atoms. The number of nitrogens with zero attached hydrogens (tertiary/aromatic N) is 1. The Kier molecular flexibility index (Phi) is 2.99. The molecule has 4 nitrogen and oxygen atoms in total. The lowest BCUT2D eigenvalue weighted by Crippen LogP contribution is -2.15. The van der Waals surface area contributed by atoms with Gasteiger partial charge in [-0.25, -0.2) is 0 Å². The Bertz CT molecular complexity index is 206. The van der Waals surface area contributed by atoms with E-state index >= 15 is 0 Å². The molecule has 0 saturated carbocycles. The number of alkyl halides is 3. The van der Waals surface area contributed by atoms with Crippen LogP contribution in [0.25, 0.3) is 0 Å². The molecule has 1 aliphatic rings. The first-order chi connectivity index (χ1) is 6.08. The summed E-state index contributed by atoms with van der Waals surface area (Å²) in [5.74, 6) is 0. The molecule has 0 aliphatic carbocycles. The molecule has 1 heterocycles. The van der Waals surface area contributed by atoms with Gasteiger partial charge >= 0.3 is 6.18 Å². The van der Waals surface area contributed by atoms with Crippen LogP contribution in [-0.4, -0.2) is 25.3 Å². The molecule has 0 fully saturated rings. The van der Waals surface area contributed by atoms with E-state index in [1.807, 2.05) is 0 Å². The molecule has 0 amide bonds. The first-order valence-electron chi connectivity index (χ1n) is 3.27. The van der Waals surface area contributed by atoms with Crippen molar-refractivity contribution in [2.45, 2.75) is 12.5 Å². The van der Waals surface area contributed by atoms with E-state index in [0.717, 1.165) is 0 Å². The highest BCUT2D eigenvalue weighted by Crippen LogP contribution is 2.11. The van der Waals surface area contributed by atoms with Gasteiger partial charge in [-0.2, -0.15) is 13.2 Å². The minimum atomic E-state index is -4.46. The molecule has 0 aromatic carbocycles. The second kappa shape index (κ2) is 4.01. The monoisotopic (exact) mass is 197 g/mol. The Labute approximate surface area is 71.6 Å². The molecule has 0 saturated heterocycles. The molecular weight excluding hydrogens is 191 g/mol. The van der Waals surface area contributed by atoms with Crippen LogP contribution in [0.3, 0.4) is 0 Å². The van der Waals surface area contributed by atoms with E-state index in [9.17, 15) is 13.2 Å². The van der Waals surface area contributed by atoms with Gasteiger partial charge < -0.3 is 14.3 Å². The fourth-order valence-electron chi connectivity index (χ4n) is 0.551. The Balaban J connectivity index is 2.10. The lowest BCUT2D eigenvalue weighted by molar-refractivity contribution is -0.0851. The molecule has 13 heavy (non-hydrogen) atoms. The molecule has 0 aromatic heterocycles. The van der Waals surface area contributed by atoms with Crippen molar-refractivity contribution >= 4 is 6.21 Å². The van der Waals surface area contributed by atoms with E-state index in [-0.39, 0.29) is 12.8 Å². The molecule has 0 unspecified atom stereocenters. The number of rotatable bonds is 3. The molecule has 1 rings (SSSR count). The van der Waals surface area contributed by atoms with Crippen LogP contribution in [0.2, 0.25) is 0 Å². The van der Waals surface area contributed by atoms with Gasteiger partial charge in [-0.1, -0.05) is 5.16 Å². The molecule has 74 valence electrons. The van der Waals surface area contributed by atoms with Crippen LogP contribution in [0.5, 0.6) is 0 Å². The van der Waals surface area contributed by atoms with Gasteiger partial charge in [-0.05, 0) is 0 Å². The van der Waals surface area contributed by atoms with Crippen LogP contribution >= 0.6 is 0 Å². The first kappa shape index (κ1) is 9.69. The number of hydrogen-bond acceptors (Lipinski definition) is 4. The van der Waals surface area contributed by atoms with Crippen molar-refractivity contribution in [3.05, 3.63) is 12.5 Å². The highest BCUT2D eigenvalue weighted by atomic mass is 19.4. The maximum absolute atomic E-state index is 11.5. The molecule has 7 heteroatoms. The molecule has 0 spiro atoms. The fraction of sp³-hybridized carbons (Fsp3) is 0.500. The van der Waals surface area contributed by atoms with Crippen LogP contribution < -0.4 is 0 Å². The van der Waals surface area contributed by atoms with E-state index in [2.05, 4.69) is 9.99 Å². The molecule has 1 aliphatic heterocycles. The first-order valence-corrected chi connectivity index (χ1v) is 3.27. The van der Waals surface area contributed by atoms with Gasteiger partial charge in [0.05, 0.1) is 0 Å². The SMILES string of the molecule is FC(F)(F)C=NOCC1OC=CO1. The number of halogens is 3. The molecule has 0 N–H and O–H groups in total. The Morgan fingerprint density at radius 3 is 2.54 bits per heavy atom. The highest BCUT2D eigenvalue weighted by Gasteiger charge is 2.24. The summed E-state index contributed by atoms with van der Waals surface area (Å²) in [5, 5.41) is 2.67. The third-order valence-electron chi connectivity index (χ3n) is 1.00. The topological polar surface area (TPSA) is 40.0 Å². The summed E-state index contributed by atoms with van der Waals surface area (Å²) < 4.78 is 43.8. The highest BCUT2D eigenvalue weighted by molar-refractivity contribution is 5.63. The minimum Gasteiger partial charge on any atom is -0.456 e. The lowest BCUT2D eigenvalue weighted by Gasteiger charge is -2.07. The summed E-state index contributed by atoms with van der Waals surface area (Å²) >= 11 is 0. The second-order valence-electron chi connectivity index (χ2n) is 2.05. The summed E-state index contributed by atoms with van der Waals surface area (Å²) in [6, 6.07) is 0. The van der Waals surface area contributed by atoms with E-state index in [1.165, 1.54) is 12.5 Å². The van der Waals surface area contributed by atoms with Gasteiger partial charge in [0.25, 0.3) is 6.29 Å². The smallest absolute Gasteiger partial charge is 0.429 e. The van der Waals surface area contributed by atoms with E-state index in [1.54, 1.807) is 0 Å². The molecular formula is C6H6F3NO3. The fourth-order valence-corrected chi connectivity index (χ4v) is 0.551. The van der Waals surface area contributed by atoms with Crippen LogP contribution in [0, 0.1) is 0 Å². The molecule has 0 atom stereocenters. The van der Waals surface area contributed by atoms with Crippen molar-refractivity contribution in [3.63, 3.8) is 0 Å². The van der Waals surface area contributed by atoms with E-state index in [4.69, 9.17) is 9.47 Å². The third-order valence-corrected chi connectivity index (χ3v) is 1.00. The predicted octanol–water partition coefficient (Wildman–Crippen LogP) is 1.40. The van der Waals surface area contributed by atoms with Crippen molar-refractivity contribution in [2.24, 2.45) is 5.16 Å². The van der Waals surface area contributed by atoms with Crippen molar-refractivity contribution in [1.82, 2.24) is 0 Å². The summed E-state index contributed by atoms with van der Waals surface area (Å²) in [6.45, 7) is -0.195. The van der Waals surface area contributed by atoms with Gasteiger partial charge in [-0.15, -0.1) is 0 Å². The van der Waals surface area contributed by atoms with Crippen molar-refractivity contribution in [3.8, 4) is 0 Å². The largest absolute Gasteiger partial charge is 0.456 e. The maximum Gasteiger partial charge on any atom is 0.429 e. The number of oxime groups is 1. The standard InChI is InChI=1S/C6H6F3NO3/c7-6(8,9)4-10-13-3-5-11-1-2-12-5/h1-2,4-5H,3H2. The van der Waals surface area contributed by atoms with Crippen molar-refractivity contribution in [1.29, 1.82) is 0 Å². The summed E-state index contributed by atoms with van der Waals surface area (Å²) in [5.41, 5.74) is 0. The van der Waals surface area contributed by atoms with Crippen LogP contribution in [-0.2, 0) is 14.3 Å². The van der Waals surface area contributed by atoms with Crippen LogP contribution in [0.1, 0.15) is 0 Å². The summed E-state index contributed by atoms with van der Waals surface area (Å²) in [4.78, 5) is 4.25. The van der Waals surface area contributed by atoms with Crippen molar-refractivity contribution < 1.29 is 27.5 Å². The zero-order valence-corrected chi connectivity index (χ0v) is 6.32. The lowest BCUT2D eigenvalue weighted by atomic mass is 10.7. The maximum atomic E-state index is 11.5. The minimum absolute atomic E-state index is 0.195. The van der Waals surface area contributed by atoms with E-state index in [0.29, 0.717) is 0 Å². The Hall–Kier alpha value is -1.40. The Morgan fingerprint density at radius 2 is 2.00 bits per heavy atom. The normalized spacial score (nSPS) is 17.5. The average Bonchev–Trinajstić information content (AvgIpc) is 2.48. The molecule has 0 radical (unpaired) electrons. The van der Waals surface area contributed by atoms with Gasteiger partial charge in [0.15, 0.2) is 6.61 Å². The van der Waals surface area contributed by atoms with Crippen molar-refractivity contribution in [2.75, 3.05) is 6.61 Å². The van der Waals surface area contributed by atoms with Gasteiger partial charge in [0, 0.05) is 0 Å². The zero-order valence-electron chi connectivity index (χ0n) is 6.32. The van der Waals surface area contributed by atoms with Crippen LogP contribution in [0.15, 0.2) is 17.7 Å². The molecule has 0 aromatic rings. The predicted molar refractivity (Wildman–Crippen MR) is 35.6 cm³/mol. The average molecular weight is 197 g/mol. The quantitative estimate of drug-likeness (QED) is 0.507. The summed E-state index contributed by atoms with van der Waals surface area (Å²) in [6.07, 6.45) is -2.90. The number of hydrogen-bond donors (Lipinski definition) is 0. The number of ether oxygens (including phenoxy) is 2. The van der Waals surface area contributed by atoms with Gasteiger partial charge in [0.2, 0.25) is 0 Å². The van der Waals surface area contributed by atoms with Crippen LogP contribution in [0.4, 0.5) is 13.2 Å². The van der Waals surface area contributed by atoms with E-state index < -0.39 is 12.5 Å². The third kappa shape index (κ3) is 4.24. The van der Waals surface area contributed by atoms with Gasteiger partial charge in [-0.3, -0.25) is 0 Å². The second-order valence-corrected chi connectivity index (χ2v) is 2.05. The van der Waals surface area contributed by atoms with Gasteiger partial charge in [0.1, 0.15) is 18.7 Å². The zero-order chi connectivity index (χ0) is 9.73.